The van der Waals surface area contributed by atoms with Crippen LogP contribution in [0.25, 0.3) is 0 Å². The summed E-state index contributed by atoms with van der Waals surface area (Å²) in [7, 11) is 0. The highest BCUT2D eigenvalue weighted by atomic mass is 16.4. The molecule has 4 heteroatoms. The Kier molecular flexibility index (Phi) is 12.3. The smallest absolute Gasteiger partial charge is 0.322 e. The molecule has 0 aliphatic heterocycles. The number of carbonyl (C=O) groups excluding carboxylic acids is 1. The van der Waals surface area contributed by atoms with Gasteiger partial charge < -0.3 is 10.4 Å². The van der Waals surface area contributed by atoms with Gasteiger partial charge in [-0.25, -0.2) is 0 Å². The van der Waals surface area contributed by atoms with Crippen LogP contribution in [0.4, 0.5) is 0 Å². The van der Waals surface area contributed by atoms with E-state index in [1.54, 1.807) is 0 Å². The normalized spacial score (nSPS) is 10.8. The lowest BCUT2D eigenvalue weighted by molar-refractivity contribution is -0.137. The van der Waals surface area contributed by atoms with E-state index in [4.69, 9.17) is 5.11 Å². The lowest BCUT2D eigenvalue weighted by atomic mass is 10.0. The quantitative estimate of drug-likeness (QED) is 0.506. The topological polar surface area (TPSA) is 66.4 Å². The van der Waals surface area contributed by atoms with Crippen molar-refractivity contribution in [2.45, 2.75) is 78.1 Å². The number of unbranched alkanes of at least 4 members (excludes halogenated alkanes) is 7. The van der Waals surface area contributed by atoms with Gasteiger partial charge in [0.1, 0.15) is 6.54 Å². The number of carboxylic acids is 1. The van der Waals surface area contributed by atoms with Crippen LogP contribution in [0, 0.1) is 5.92 Å². The Hall–Kier alpha value is -1.06. The molecular formula is C16H31NO3. The van der Waals surface area contributed by atoms with Crippen LogP contribution in [0.5, 0.6) is 0 Å². The van der Waals surface area contributed by atoms with Gasteiger partial charge in [0.2, 0.25) is 5.91 Å². The summed E-state index contributed by atoms with van der Waals surface area (Å²) in [6, 6.07) is 0. The van der Waals surface area contributed by atoms with Gasteiger partial charge in [-0.2, -0.15) is 0 Å². The van der Waals surface area contributed by atoms with E-state index in [-0.39, 0.29) is 12.5 Å². The van der Waals surface area contributed by atoms with Crippen LogP contribution in [-0.2, 0) is 9.59 Å². The molecule has 0 heterocycles. The lowest BCUT2D eigenvalue weighted by Gasteiger charge is -2.05. The van der Waals surface area contributed by atoms with Crippen molar-refractivity contribution in [2.75, 3.05) is 6.54 Å². The van der Waals surface area contributed by atoms with Gasteiger partial charge in [0.05, 0.1) is 0 Å². The number of nitrogens with one attached hydrogen (secondary N) is 1. The van der Waals surface area contributed by atoms with Gasteiger partial charge in [-0.3, -0.25) is 9.59 Å². The number of hydrogen-bond acceptors (Lipinski definition) is 2. The van der Waals surface area contributed by atoms with E-state index in [0.29, 0.717) is 6.42 Å². The fourth-order valence-electron chi connectivity index (χ4n) is 2.16. The first-order chi connectivity index (χ1) is 9.52. The highest BCUT2D eigenvalue weighted by Crippen LogP contribution is 2.12. The summed E-state index contributed by atoms with van der Waals surface area (Å²) < 4.78 is 0. The highest BCUT2D eigenvalue weighted by Gasteiger charge is 2.03. The third kappa shape index (κ3) is 15.0. The summed E-state index contributed by atoms with van der Waals surface area (Å²) in [5.74, 6) is -0.320. The molecule has 118 valence electrons. The SMILES string of the molecule is CC(C)CCCCCCCCCCC(=O)NCC(=O)O. The van der Waals surface area contributed by atoms with Gasteiger partial charge in [-0.1, -0.05) is 65.2 Å². The predicted octanol–water partition coefficient (Wildman–Crippen LogP) is 3.74. The maximum atomic E-state index is 11.2. The van der Waals surface area contributed by atoms with Crippen molar-refractivity contribution in [3.8, 4) is 0 Å². The van der Waals surface area contributed by atoms with E-state index in [2.05, 4.69) is 19.2 Å². The molecule has 0 aliphatic carbocycles. The molecule has 0 bridgehead atoms. The number of aliphatic carboxylic acids is 1. The second kappa shape index (κ2) is 12.9. The Morgan fingerprint density at radius 3 is 1.90 bits per heavy atom. The summed E-state index contributed by atoms with van der Waals surface area (Å²) in [6.45, 7) is 4.27. The molecule has 0 rings (SSSR count). The molecule has 1 amide bonds. The number of carbonyl (C=O) groups is 2. The number of carboxylic acid groups (broad SMARTS) is 1. The summed E-state index contributed by atoms with van der Waals surface area (Å²) in [5, 5.41) is 10.8. The minimum atomic E-state index is -0.990. The van der Waals surface area contributed by atoms with Crippen molar-refractivity contribution < 1.29 is 14.7 Å². The fraction of sp³-hybridized carbons (Fsp3) is 0.875. The van der Waals surface area contributed by atoms with Crippen LogP contribution in [0.2, 0.25) is 0 Å². The van der Waals surface area contributed by atoms with Gasteiger partial charge in [-0.15, -0.1) is 0 Å². The molecule has 0 aromatic carbocycles. The molecule has 0 aromatic heterocycles. The van der Waals surface area contributed by atoms with E-state index >= 15 is 0 Å². The standard InChI is InChI=1S/C16H31NO3/c1-14(2)11-9-7-5-3-4-6-8-10-12-15(18)17-13-16(19)20/h14H,3-13H2,1-2H3,(H,17,18)(H,19,20). The van der Waals surface area contributed by atoms with Crippen LogP contribution in [0.1, 0.15) is 78.1 Å². The molecule has 0 radical (unpaired) electrons. The first-order valence-electron chi connectivity index (χ1n) is 8.01. The van der Waals surface area contributed by atoms with E-state index < -0.39 is 5.97 Å². The molecule has 0 atom stereocenters. The minimum Gasteiger partial charge on any atom is -0.480 e. The molecule has 0 spiro atoms. The van der Waals surface area contributed by atoms with Crippen LogP contribution in [0.15, 0.2) is 0 Å². The van der Waals surface area contributed by atoms with E-state index in [9.17, 15) is 9.59 Å². The number of rotatable bonds is 13. The zero-order chi connectivity index (χ0) is 15.2. The molecule has 4 nitrogen and oxygen atoms in total. The molecular weight excluding hydrogens is 254 g/mol. The summed E-state index contributed by atoms with van der Waals surface area (Å²) >= 11 is 0. The summed E-state index contributed by atoms with van der Waals surface area (Å²) in [6.07, 6.45) is 11.4. The molecule has 0 fully saturated rings. The first kappa shape index (κ1) is 18.9. The van der Waals surface area contributed by atoms with Crippen molar-refractivity contribution in [1.82, 2.24) is 5.32 Å². The van der Waals surface area contributed by atoms with E-state index in [0.717, 1.165) is 18.8 Å². The Labute approximate surface area is 123 Å². The fourth-order valence-corrected chi connectivity index (χ4v) is 2.16. The maximum absolute atomic E-state index is 11.2. The van der Waals surface area contributed by atoms with Crippen molar-refractivity contribution in [1.29, 1.82) is 0 Å². The van der Waals surface area contributed by atoms with Crippen LogP contribution < -0.4 is 5.32 Å². The van der Waals surface area contributed by atoms with Crippen LogP contribution in [0.3, 0.4) is 0 Å². The Balaban J connectivity index is 3.16. The highest BCUT2D eigenvalue weighted by molar-refractivity contribution is 5.80. The summed E-state index contributed by atoms with van der Waals surface area (Å²) in [5.41, 5.74) is 0. The van der Waals surface area contributed by atoms with Gasteiger partial charge >= 0.3 is 5.97 Å². The first-order valence-corrected chi connectivity index (χ1v) is 8.01. The third-order valence-electron chi connectivity index (χ3n) is 3.37. The molecule has 0 aliphatic rings. The maximum Gasteiger partial charge on any atom is 0.322 e. The molecule has 2 N–H and O–H groups in total. The monoisotopic (exact) mass is 285 g/mol. The average Bonchev–Trinajstić information content (AvgIpc) is 2.38. The van der Waals surface area contributed by atoms with E-state index in [1.807, 2.05) is 0 Å². The summed E-state index contributed by atoms with van der Waals surface area (Å²) in [4.78, 5) is 21.5. The Morgan fingerprint density at radius 2 is 1.40 bits per heavy atom. The van der Waals surface area contributed by atoms with Crippen molar-refractivity contribution in [3.63, 3.8) is 0 Å². The second-order valence-corrected chi connectivity index (χ2v) is 5.93. The van der Waals surface area contributed by atoms with Gasteiger partial charge in [0.15, 0.2) is 0 Å². The predicted molar refractivity (Wildman–Crippen MR) is 81.7 cm³/mol. The molecule has 0 aromatic rings. The van der Waals surface area contributed by atoms with Gasteiger partial charge in [-0.05, 0) is 12.3 Å². The van der Waals surface area contributed by atoms with Crippen molar-refractivity contribution >= 4 is 11.9 Å². The number of amides is 1. The number of hydrogen-bond donors (Lipinski definition) is 2. The molecule has 0 saturated heterocycles. The van der Waals surface area contributed by atoms with Gasteiger partial charge in [0, 0.05) is 6.42 Å². The lowest BCUT2D eigenvalue weighted by Crippen LogP contribution is -2.28. The zero-order valence-corrected chi connectivity index (χ0v) is 13.1. The molecule has 20 heavy (non-hydrogen) atoms. The molecule has 0 unspecified atom stereocenters. The third-order valence-corrected chi connectivity index (χ3v) is 3.37. The van der Waals surface area contributed by atoms with E-state index in [1.165, 1.54) is 44.9 Å². The minimum absolute atomic E-state index is 0.152. The Morgan fingerprint density at radius 1 is 0.900 bits per heavy atom. The van der Waals surface area contributed by atoms with Crippen molar-refractivity contribution in [2.24, 2.45) is 5.92 Å². The van der Waals surface area contributed by atoms with Crippen LogP contribution in [-0.4, -0.2) is 23.5 Å². The zero-order valence-electron chi connectivity index (χ0n) is 13.1. The largest absolute Gasteiger partial charge is 0.480 e. The molecule has 0 saturated carbocycles. The second-order valence-electron chi connectivity index (χ2n) is 5.93. The Bertz CT molecular complexity index is 264. The average molecular weight is 285 g/mol. The van der Waals surface area contributed by atoms with Gasteiger partial charge in [0.25, 0.3) is 0 Å². The van der Waals surface area contributed by atoms with Crippen LogP contribution >= 0.6 is 0 Å². The van der Waals surface area contributed by atoms with Crippen molar-refractivity contribution in [3.05, 3.63) is 0 Å².